The van der Waals surface area contributed by atoms with Crippen molar-refractivity contribution >= 4 is 40.9 Å². The molecule has 0 bridgehead atoms. The molecule has 0 spiro atoms. The summed E-state index contributed by atoms with van der Waals surface area (Å²) in [5.74, 6) is -0.697. The van der Waals surface area contributed by atoms with Crippen LogP contribution in [0.25, 0.3) is 0 Å². The highest BCUT2D eigenvalue weighted by Gasteiger charge is 2.17. The predicted octanol–water partition coefficient (Wildman–Crippen LogP) is 4.55. The Labute approximate surface area is 150 Å². The third kappa shape index (κ3) is 4.76. The van der Waals surface area contributed by atoms with E-state index >= 15 is 0 Å². The fourth-order valence-electron chi connectivity index (χ4n) is 1.99. The molecule has 6 heteroatoms. The van der Waals surface area contributed by atoms with E-state index in [9.17, 15) is 9.59 Å². The van der Waals surface area contributed by atoms with Crippen molar-refractivity contribution in [2.24, 2.45) is 0 Å². The summed E-state index contributed by atoms with van der Waals surface area (Å²) in [5.41, 5.74) is 1.89. The van der Waals surface area contributed by atoms with Crippen molar-refractivity contribution in [3.63, 3.8) is 0 Å². The number of carbonyl (C=O) groups excluding carboxylic acids is 2. The molecule has 4 nitrogen and oxygen atoms in total. The summed E-state index contributed by atoms with van der Waals surface area (Å²) in [6.07, 6.45) is 0. The lowest BCUT2D eigenvalue weighted by molar-refractivity contribution is -0.115. The van der Waals surface area contributed by atoms with Crippen molar-refractivity contribution in [3.8, 4) is 0 Å². The SMILES string of the molecule is COC(=O)c1cc(NC(=O)C(C)Sc2ccc(C)cc2)ccc1Cl. The first-order valence-corrected chi connectivity index (χ1v) is 8.58. The average Bonchev–Trinajstić information content (AvgIpc) is 2.57. The van der Waals surface area contributed by atoms with Gasteiger partial charge in [-0.2, -0.15) is 0 Å². The topological polar surface area (TPSA) is 55.4 Å². The number of hydrogen-bond donors (Lipinski definition) is 1. The molecule has 24 heavy (non-hydrogen) atoms. The molecule has 0 saturated carbocycles. The van der Waals surface area contributed by atoms with Gasteiger partial charge in [-0.1, -0.05) is 29.3 Å². The molecule has 126 valence electrons. The van der Waals surface area contributed by atoms with E-state index in [1.54, 1.807) is 12.1 Å². The molecule has 0 aromatic heterocycles. The Bertz CT molecular complexity index is 746. The lowest BCUT2D eigenvalue weighted by Crippen LogP contribution is -2.22. The molecule has 1 atom stereocenters. The quantitative estimate of drug-likeness (QED) is 0.625. The van der Waals surface area contributed by atoms with Gasteiger partial charge in [0.15, 0.2) is 0 Å². The predicted molar refractivity (Wildman–Crippen MR) is 97.9 cm³/mol. The maximum Gasteiger partial charge on any atom is 0.339 e. The Kier molecular flexibility index (Phi) is 6.29. The molecular formula is C18H18ClNO3S. The van der Waals surface area contributed by atoms with Gasteiger partial charge in [-0.15, -0.1) is 11.8 Å². The number of nitrogens with one attached hydrogen (secondary N) is 1. The third-order valence-electron chi connectivity index (χ3n) is 3.34. The molecule has 0 fully saturated rings. The summed E-state index contributed by atoms with van der Waals surface area (Å²) in [6.45, 7) is 3.85. The van der Waals surface area contributed by atoms with Crippen molar-refractivity contribution in [3.05, 3.63) is 58.6 Å². The molecule has 0 radical (unpaired) electrons. The molecule has 0 aliphatic rings. The molecule has 2 aromatic rings. The van der Waals surface area contributed by atoms with Crippen molar-refractivity contribution in [1.82, 2.24) is 0 Å². The van der Waals surface area contributed by atoms with E-state index in [1.807, 2.05) is 38.1 Å². The number of halogens is 1. The smallest absolute Gasteiger partial charge is 0.339 e. The molecule has 0 heterocycles. The van der Waals surface area contributed by atoms with Crippen LogP contribution in [0.5, 0.6) is 0 Å². The Morgan fingerprint density at radius 3 is 2.46 bits per heavy atom. The van der Waals surface area contributed by atoms with Crippen LogP contribution in [0.3, 0.4) is 0 Å². The van der Waals surface area contributed by atoms with Gasteiger partial charge in [0.25, 0.3) is 0 Å². The number of amides is 1. The summed E-state index contributed by atoms with van der Waals surface area (Å²) in [4.78, 5) is 25.0. The van der Waals surface area contributed by atoms with Crippen LogP contribution in [0, 0.1) is 6.92 Å². The first-order chi connectivity index (χ1) is 11.4. The molecule has 0 aliphatic carbocycles. The van der Waals surface area contributed by atoms with Crippen LogP contribution >= 0.6 is 23.4 Å². The summed E-state index contributed by atoms with van der Waals surface area (Å²) < 4.78 is 4.67. The highest BCUT2D eigenvalue weighted by molar-refractivity contribution is 8.00. The van der Waals surface area contributed by atoms with Crippen LogP contribution in [0.1, 0.15) is 22.8 Å². The number of ether oxygens (including phenoxy) is 1. The minimum Gasteiger partial charge on any atom is -0.465 e. The molecule has 1 amide bonds. The largest absolute Gasteiger partial charge is 0.465 e. The average molecular weight is 364 g/mol. The second kappa shape index (κ2) is 8.22. The number of anilines is 1. The summed E-state index contributed by atoms with van der Waals surface area (Å²) in [6, 6.07) is 12.7. The zero-order chi connectivity index (χ0) is 17.7. The molecule has 1 unspecified atom stereocenters. The first-order valence-electron chi connectivity index (χ1n) is 7.32. The second-order valence-electron chi connectivity index (χ2n) is 5.25. The van der Waals surface area contributed by atoms with Gasteiger partial charge in [0, 0.05) is 10.6 Å². The van der Waals surface area contributed by atoms with Crippen LogP contribution in [0.15, 0.2) is 47.4 Å². The zero-order valence-electron chi connectivity index (χ0n) is 13.6. The van der Waals surface area contributed by atoms with Crippen LogP contribution < -0.4 is 5.32 Å². The number of hydrogen-bond acceptors (Lipinski definition) is 4. The van der Waals surface area contributed by atoms with Crippen molar-refractivity contribution < 1.29 is 14.3 Å². The van der Waals surface area contributed by atoms with Gasteiger partial charge in [0.2, 0.25) is 5.91 Å². The van der Waals surface area contributed by atoms with Gasteiger partial charge in [-0.05, 0) is 44.2 Å². The van der Waals surface area contributed by atoms with Gasteiger partial charge >= 0.3 is 5.97 Å². The van der Waals surface area contributed by atoms with Gasteiger partial charge < -0.3 is 10.1 Å². The Hall–Kier alpha value is -1.98. The monoisotopic (exact) mass is 363 g/mol. The van der Waals surface area contributed by atoms with E-state index in [0.29, 0.717) is 5.69 Å². The Balaban J connectivity index is 2.05. The van der Waals surface area contributed by atoms with E-state index in [0.717, 1.165) is 4.90 Å². The number of methoxy groups -OCH3 is 1. The first kappa shape index (κ1) is 18.4. The normalized spacial score (nSPS) is 11.7. The highest BCUT2D eigenvalue weighted by atomic mass is 35.5. The van der Waals surface area contributed by atoms with E-state index in [1.165, 1.54) is 30.5 Å². The minimum atomic E-state index is -0.543. The maximum atomic E-state index is 12.3. The number of esters is 1. The second-order valence-corrected chi connectivity index (χ2v) is 7.07. The molecule has 1 N–H and O–H groups in total. The van der Waals surface area contributed by atoms with Gasteiger partial charge in [-0.25, -0.2) is 4.79 Å². The van der Waals surface area contributed by atoms with Gasteiger partial charge in [0.1, 0.15) is 0 Å². The van der Waals surface area contributed by atoms with Gasteiger partial charge in [-0.3, -0.25) is 4.79 Å². The number of rotatable bonds is 5. The number of aryl methyl sites for hydroxylation is 1. The minimum absolute atomic E-state index is 0.154. The van der Waals surface area contributed by atoms with E-state index < -0.39 is 5.97 Å². The summed E-state index contributed by atoms with van der Waals surface area (Å²) >= 11 is 7.44. The summed E-state index contributed by atoms with van der Waals surface area (Å²) in [5, 5.41) is 2.79. The number of thioether (sulfide) groups is 1. The fraction of sp³-hybridized carbons (Fsp3) is 0.222. The van der Waals surface area contributed by atoms with E-state index in [-0.39, 0.29) is 21.7 Å². The van der Waals surface area contributed by atoms with Crippen LogP contribution in [-0.2, 0) is 9.53 Å². The molecule has 2 aromatic carbocycles. The van der Waals surface area contributed by atoms with Crippen LogP contribution in [0.2, 0.25) is 5.02 Å². The van der Waals surface area contributed by atoms with Crippen molar-refractivity contribution in [2.45, 2.75) is 24.0 Å². The summed E-state index contributed by atoms with van der Waals surface area (Å²) in [7, 11) is 1.28. The number of carbonyl (C=O) groups is 2. The van der Waals surface area contributed by atoms with Crippen molar-refractivity contribution in [2.75, 3.05) is 12.4 Å². The molecular weight excluding hydrogens is 346 g/mol. The number of benzene rings is 2. The van der Waals surface area contributed by atoms with E-state index in [4.69, 9.17) is 11.6 Å². The van der Waals surface area contributed by atoms with Crippen LogP contribution in [-0.4, -0.2) is 24.2 Å². The molecule has 2 rings (SSSR count). The third-order valence-corrected chi connectivity index (χ3v) is 4.78. The zero-order valence-corrected chi connectivity index (χ0v) is 15.2. The van der Waals surface area contributed by atoms with Crippen molar-refractivity contribution in [1.29, 1.82) is 0 Å². The lowest BCUT2D eigenvalue weighted by Gasteiger charge is -2.13. The van der Waals surface area contributed by atoms with E-state index in [2.05, 4.69) is 10.1 Å². The maximum absolute atomic E-state index is 12.3. The highest BCUT2D eigenvalue weighted by Crippen LogP contribution is 2.26. The van der Waals surface area contributed by atoms with Gasteiger partial charge in [0.05, 0.1) is 22.9 Å². The fourth-order valence-corrected chi connectivity index (χ4v) is 3.05. The molecule has 0 saturated heterocycles. The standard InChI is InChI=1S/C18H18ClNO3S/c1-11-4-7-14(8-5-11)24-12(2)17(21)20-13-6-9-16(19)15(10-13)18(22)23-3/h4-10,12H,1-3H3,(H,20,21). The Morgan fingerprint density at radius 2 is 1.83 bits per heavy atom. The lowest BCUT2D eigenvalue weighted by atomic mass is 10.2. The van der Waals surface area contributed by atoms with Crippen LogP contribution in [0.4, 0.5) is 5.69 Å². The molecule has 0 aliphatic heterocycles. The Morgan fingerprint density at radius 1 is 1.17 bits per heavy atom.